The fraction of sp³-hybridized carbons (Fsp3) is 0.778. The Morgan fingerprint density at radius 1 is 1.60 bits per heavy atom. The molecule has 1 N–H and O–H groups in total. The van der Waals surface area contributed by atoms with Gasteiger partial charge in [0.1, 0.15) is 0 Å². The Kier molecular flexibility index (Phi) is 1.86. The summed E-state index contributed by atoms with van der Waals surface area (Å²) in [6.07, 6.45) is 2.71. The van der Waals surface area contributed by atoms with Crippen molar-refractivity contribution < 1.29 is 0 Å². The van der Waals surface area contributed by atoms with Crippen LogP contribution in [0.15, 0.2) is 12.2 Å². The second kappa shape index (κ2) is 2.39. The van der Waals surface area contributed by atoms with Crippen molar-refractivity contribution in [2.24, 2.45) is 5.41 Å². The van der Waals surface area contributed by atoms with E-state index < -0.39 is 0 Å². The van der Waals surface area contributed by atoms with E-state index in [0.29, 0.717) is 11.5 Å². The highest BCUT2D eigenvalue weighted by Crippen LogP contribution is 2.49. The zero-order valence-electron chi connectivity index (χ0n) is 7.20. The molecule has 0 aromatic heterocycles. The standard InChI is InChI=1S/C9H17N/c1-7(2)8(10-4)9(3)5-6-9/h8,10H,1,5-6H2,2-4H3. The fourth-order valence-corrected chi connectivity index (χ4v) is 1.68. The van der Waals surface area contributed by atoms with E-state index in [-0.39, 0.29) is 0 Å². The van der Waals surface area contributed by atoms with E-state index >= 15 is 0 Å². The van der Waals surface area contributed by atoms with Crippen molar-refractivity contribution in [3.05, 3.63) is 12.2 Å². The summed E-state index contributed by atoms with van der Waals surface area (Å²) in [6, 6.07) is 0.535. The molecule has 1 heteroatoms. The minimum atomic E-state index is 0.528. The number of likely N-dealkylation sites (N-methyl/N-ethyl adjacent to an activating group) is 1. The van der Waals surface area contributed by atoms with Crippen LogP contribution in [-0.4, -0.2) is 13.1 Å². The molecule has 1 saturated carbocycles. The molecule has 0 aromatic rings. The van der Waals surface area contributed by atoms with Gasteiger partial charge in [-0.15, -0.1) is 0 Å². The van der Waals surface area contributed by atoms with Crippen LogP contribution in [0.2, 0.25) is 0 Å². The van der Waals surface area contributed by atoms with Crippen LogP contribution in [-0.2, 0) is 0 Å². The molecule has 0 spiro atoms. The van der Waals surface area contributed by atoms with Gasteiger partial charge in [0, 0.05) is 6.04 Å². The third-order valence-electron chi connectivity index (χ3n) is 2.52. The zero-order valence-corrected chi connectivity index (χ0v) is 7.20. The van der Waals surface area contributed by atoms with Crippen LogP contribution in [0, 0.1) is 5.41 Å². The maximum Gasteiger partial charge on any atom is 0.0325 e. The Morgan fingerprint density at radius 3 is 2.20 bits per heavy atom. The first-order valence-corrected chi connectivity index (χ1v) is 3.93. The summed E-state index contributed by atoms with van der Waals surface area (Å²) in [6.45, 7) is 8.39. The summed E-state index contributed by atoms with van der Waals surface area (Å²) in [5, 5.41) is 3.30. The molecule has 1 aliphatic carbocycles. The molecule has 10 heavy (non-hydrogen) atoms. The van der Waals surface area contributed by atoms with Gasteiger partial charge in [-0.2, -0.15) is 0 Å². The van der Waals surface area contributed by atoms with E-state index in [1.807, 2.05) is 7.05 Å². The Bertz CT molecular complexity index is 145. The first-order valence-electron chi connectivity index (χ1n) is 3.93. The van der Waals surface area contributed by atoms with Gasteiger partial charge in [-0.25, -0.2) is 0 Å². The van der Waals surface area contributed by atoms with Crippen molar-refractivity contribution in [2.75, 3.05) is 7.05 Å². The monoisotopic (exact) mass is 139 g/mol. The first-order chi connectivity index (χ1) is 4.60. The summed E-state index contributed by atoms with van der Waals surface area (Å²) in [7, 11) is 2.02. The summed E-state index contributed by atoms with van der Waals surface area (Å²) in [5.41, 5.74) is 1.79. The Hall–Kier alpha value is -0.300. The van der Waals surface area contributed by atoms with Crippen LogP contribution < -0.4 is 5.32 Å². The van der Waals surface area contributed by atoms with Crippen molar-refractivity contribution in [2.45, 2.75) is 32.7 Å². The van der Waals surface area contributed by atoms with E-state index in [2.05, 4.69) is 25.7 Å². The van der Waals surface area contributed by atoms with Crippen LogP contribution in [0.3, 0.4) is 0 Å². The topological polar surface area (TPSA) is 12.0 Å². The lowest BCUT2D eigenvalue weighted by molar-refractivity contribution is 0.426. The van der Waals surface area contributed by atoms with Crippen LogP contribution in [0.5, 0.6) is 0 Å². The van der Waals surface area contributed by atoms with E-state index in [1.54, 1.807) is 0 Å². The van der Waals surface area contributed by atoms with Crippen molar-refractivity contribution in [3.8, 4) is 0 Å². The van der Waals surface area contributed by atoms with Crippen molar-refractivity contribution in [1.29, 1.82) is 0 Å². The molecule has 1 nitrogen and oxygen atoms in total. The Balaban J connectivity index is 2.57. The van der Waals surface area contributed by atoms with Crippen LogP contribution in [0.1, 0.15) is 26.7 Å². The van der Waals surface area contributed by atoms with Crippen LogP contribution >= 0.6 is 0 Å². The molecular formula is C9H17N. The van der Waals surface area contributed by atoms with Crippen LogP contribution in [0.25, 0.3) is 0 Å². The smallest absolute Gasteiger partial charge is 0.0325 e. The second-order valence-corrected chi connectivity index (χ2v) is 3.72. The van der Waals surface area contributed by atoms with E-state index in [4.69, 9.17) is 0 Å². The SMILES string of the molecule is C=C(C)C(NC)C1(C)CC1. The molecule has 0 bridgehead atoms. The quantitative estimate of drug-likeness (QED) is 0.589. The number of hydrogen-bond donors (Lipinski definition) is 1. The molecule has 0 saturated heterocycles. The van der Waals surface area contributed by atoms with Gasteiger partial charge >= 0.3 is 0 Å². The van der Waals surface area contributed by atoms with Gasteiger partial charge in [0.15, 0.2) is 0 Å². The second-order valence-electron chi connectivity index (χ2n) is 3.72. The molecule has 0 aliphatic heterocycles. The third kappa shape index (κ3) is 1.24. The minimum Gasteiger partial charge on any atom is -0.313 e. The van der Waals surface area contributed by atoms with Gasteiger partial charge in [0.05, 0.1) is 0 Å². The lowest BCUT2D eigenvalue weighted by Gasteiger charge is -2.22. The highest BCUT2D eigenvalue weighted by molar-refractivity contribution is 5.13. The third-order valence-corrected chi connectivity index (χ3v) is 2.52. The average Bonchev–Trinajstić information content (AvgIpc) is 2.49. The maximum absolute atomic E-state index is 3.97. The van der Waals surface area contributed by atoms with E-state index in [9.17, 15) is 0 Å². The summed E-state index contributed by atoms with van der Waals surface area (Å²) in [4.78, 5) is 0. The highest BCUT2D eigenvalue weighted by Gasteiger charge is 2.44. The number of rotatable bonds is 3. The number of hydrogen-bond acceptors (Lipinski definition) is 1. The molecule has 1 rings (SSSR count). The molecule has 0 aromatic carbocycles. The summed E-state index contributed by atoms with van der Waals surface area (Å²) in [5.74, 6) is 0. The molecule has 1 fully saturated rings. The molecule has 1 unspecified atom stereocenters. The zero-order chi connectivity index (χ0) is 7.78. The molecule has 0 radical (unpaired) electrons. The van der Waals surface area contributed by atoms with E-state index in [1.165, 1.54) is 18.4 Å². The van der Waals surface area contributed by atoms with Crippen molar-refractivity contribution in [1.82, 2.24) is 5.32 Å². The van der Waals surface area contributed by atoms with Crippen molar-refractivity contribution >= 4 is 0 Å². The van der Waals surface area contributed by atoms with E-state index in [0.717, 1.165) is 0 Å². The van der Waals surface area contributed by atoms with Crippen molar-refractivity contribution in [3.63, 3.8) is 0 Å². The van der Waals surface area contributed by atoms with Crippen LogP contribution in [0.4, 0.5) is 0 Å². The van der Waals surface area contributed by atoms with Gasteiger partial charge in [0.2, 0.25) is 0 Å². The highest BCUT2D eigenvalue weighted by atomic mass is 14.9. The lowest BCUT2D eigenvalue weighted by Crippen LogP contribution is -2.33. The lowest BCUT2D eigenvalue weighted by atomic mass is 9.94. The minimum absolute atomic E-state index is 0.528. The first kappa shape index (κ1) is 7.80. The van der Waals surface area contributed by atoms with Gasteiger partial charge in [-0.1, -0.05) is 19.1 Å². The predicted molar refractivity (Wildman–Crippen MR) is 45.0 cm³/mol. The van der Waals surface area contributed by atoms with Gasteiger partial charge in [0.25, 0.3) is 0 Å². The average molecular weight is 139 g/mol. The Morgan fingerprint density at radius 2 is 2.10 bits per heavy atom. The largest absolute Gasteiger partial charge is 0.313 e. The molecule has 1 atom stereocenters. The summed E-state index contributed by atoms with van der Waals surface area (Å²) < 4.78 is 0. The molecule has 0 amide bonds. The molecule has 58 valence electrons. The maximum atomic E-state index is 3.97. The molecule has 1 aliphatic rings. The van der Waals surface area contributed by atoms with Gasteiger partial charge in [-0.05, 0) is 32.2 Å². The summed E-state index contributed by atoms with van der Waals surface area (Å²) >= 11 is 0. The predicted octanol–water partition coefficient (Wildman–Crippen LogP) is 1.95. The number of nitrogens with one attached hydrogen (secondary N) is 1. The fourth-order valence-electron chi connectivity index (χ4n) is 1.68. The molecular weight excluding hydrogens is 122 g/mol. The van der Waals surface area contributed by atoms with Gasteiger partial charge < -0.3 is 5.32 Å². The Labute approximate surface area is 63.5 Å². The molecule has 0 heterocycles. The van der Waals surface area contributed by atoms with Gasteiger partial charge in [-0.3, -0.25) is 0 Å². The normalized spacial score (nSPS) is 23.9.